The molecule has 0 aliphatic heterocycles. The fraction of sp³-hybridized carbons (Fsp3) is 0.786. The molecule has 5 nitrogen and oxygen atoms in total. The number of anilines is 2. The summed E-state index contributed by atoms with van der Waals surface area (Å²) in [7, 11) is 0. The molecule has 20 heavy (non-hydrogen) atoms. The highest BCUT2D eigenvalue weighted by atomic mass is 35.5. The van der Waals surface area contributed by atoms with Gasteiger partial charge in [0, 0.05) is 12.6 Å². The first kappa shape index (κ1) is 15.3. The van der Waals surface area contributed by atoms with Gasteiger partial charge in [0.25, 0.3) is 0 Å². The van der Waals surface area contributed by atoms with Gasteiger partial charge in [-0.25, -0.2) is 0 Å². The first-order valence-corrected chi connectivity index (χ1v) is 7.90. The molecule has 1 aromatic heterocycles. The molecule has 1 aliphatic carbocycles. The van der Waals surface area contributed by atoms with E-state index in [1.807, 2.05) is 6.92 Å². The molecule has 1 fully saturated rings. The van der Waals surface area contributed by atoms with Gasteiger partial charge >= 0.3 is 0 Å². The third-order valence-electron chi connectivity index (χ3n) is 3.93. The van der Waals surface area contributed by atoms with Gasteiger partial charge in [0.1, 0.15) is 0 Å². The fourth-order valence-electron chi connectivity index (χ4n) is 2.95. The summed E-state index contributed by atoms with van der Waals surface area (Å²) in [4.78, 5) is 12.6. The molecule has 1 aromatic rings. The van der Waals surface area contributed by atoms with Crippen molar-refractivity contribution in [2.75, 3.05) is 17.2 Å². The van der Waals surface area contributed by atoms with E-state index in [1.54, 1.807) is 0 Å². The van der Waals surface area contributed by atoms with Gasteiger partial charge in [-0.1, -0.05) is 26.7 Å². The lowest BCUT2D eigenvalue weighted by Gasteiger charge is -2.34. The highest BCUT2D eigenvalue weighted by Gasteiger charge is 2.28. The van der Waals surface area contributed by atoms with Crippen molar-refractivity contribution in [2.45, 2.75) is 52.5 Å². The number of nitrogens with one attached hydrogen (secondary N) is 2. The molecule has 0 bridgehead atoms. The summed E-state index contributed by atoms with van der Waals surface area (Å²) in [5.74, 6) is 2.45. The minimum Gasteiger partial charge on any atom is -0.354 e. The molecular formula is C14H24ClN5. The smallest absolute Gasteiger partial charge is 0.229 e. The van der Waals surface area contributed by atoms with Crippen molar-refractivity contribution in [1.29, 1.82) is 0 Å². The Kier molecular flexibility index (Phi) is 5.40. The quantitative estimate of drug-likeness (QED) is 0.870. The van der Waals surface area contributed by atoms with Crippen molar-refractivity contribution < 1.29 is 0 Å². The van der Waals surface area contributed by atoms with Crippen LogP contribution in [0.3, 0.4) is 0 Å². The number of aromatic nitrogens is 3. The zero-order chi connectivity index (χ0) is 14.5. The second kappa shape index (κ2) is 7.07. The van der Waals surface area contributed by atoms with E-state index >= 15 is 0 Å². The summed E-state index contributed by atoms with van der Waals surface area (Å²) < 4.78 is 0. The Bertz CT molecular complexity index is 438. The van der Waals surface area contributed by atoms with Crippen LogP contribution in [-0.4, -0.2) is 27.5 Å². The Morgan fingerprint density at radius 1 is 1.15 bits per heavy atom. The zero-order valence-electron chi connectivity index (χ0n) is 12.5. The van der Waals surface area contributed by atoms with E-state index in [0.717, 1.165) is 6.54 Å². The van der Waals surface area contributed by atoms with Gasteiger partial charge in [-0.3, -0.25) is 0 Å². The minimum absolute atomic E-state index is 0.232. The lowest BCUT2D eigenvalue weighted by molar-refractivity contribution is 0.253. The van der Waals surface area contributed by atoms with Crippen LogP contribution < -0.4 is 10.6 Å². The maximum Gasteiger partial charge on any atom is 0.229 e. The van der Waals surface area contributed by atoms with E-state index in [2.05, 4.69) is 39.4 Å². The predicted molar refractivity (Wildman–Crippen MR) is 83.2 cm³/mol. The topological polar surface area (TPSA) is 62.7 Å². The zero-order valence-corrected chi connectivity index (χ0v) is 13.2. The van der Waals surface area contributed by atoms with E-state index in [4.69, 9.17) is 11.6 Å². The normalized spacial score (nSPS) is 22.9. The van der Waals surface area contributed by atoms with Crippen LogP contribution in [0.15, 0.2) is 0 Å². The van der Waals surface area contributed by atoms with Crippen molar-refractivity contribution in [3.8, 4) is 0 Å². The molecule has 2 atom stereocenters. The molecule has 0 aromatic carbocycles. The summed E-state index contributed by atoms with van der Waals surface area (Å²) in [6.07, 6.45) is 5.03. The van der Waals surface area contributed by atoms with Crippen LogP contribution in [0.4, 0.5) is 11.9 Å². The summed E-state index contributed by atoms with van der Waals surface area (Å²) >= 11 is 5.96. The van der Waals surface area contributed by atoms with Crippen molar-refractivity contribution in [1.82, 2.24) is 15.0 Å². The molecule has 6 heteroatoms. The monoisotopic (exact) mass is 297 g/mol. The maximum atomic E-state index is 5.96. The Hall–Kier alpha value is -1.10. The molecule has 0 spiro atoms. The molecule has 112 valence electrons. The van der Waals surface area contributed by atoms with Gasteiger partial charge < -0.3 is 10.6 Å². The largest absolute Gasteiger partial charge is 0.354 e. The number of hydrogen-bond acceptors (Lipinski definition) is 5. The molecular weight excluding hydrogens is 274 g/mol. The van der Waals surface area contributed by atoms with Crippen LogP contribution in [0.5, 0.6) is 0 Å². The van der Waals surface area contributed by atoms with Gasteiger partial charge in [0.15, 0.2) is 0 Å². The van der Waals surface area contributed by atoms with Crippen molar-refractivity contribution in [3.05, 3.63) is 5.28 Å². The second-order valence-electron chi connectivity index (χ2n) is 5.73. The lowest BCUT2D eigenvalue weighted by Crippen LogP contribution is -2.35. The lowest BCUT2D eigenvalue weighted by atomic mass is 9.78. The highest BCUT2D eigenvalue weighted by Crippen LogP contribution is 2.31. The number of rotatable bonds is 5. The summed E-state index contributed by atoms with van der Waals surface area (Å²) in [5.41, 5.74) is 0. The molecule has 0 radical (unpaired) electrons. The second-order valence-corrected chi connectivity index (χ2v) is 6.06. The molecule has 1 heterocycles. The average Bonchev–Trinajstić information content (AvgIpc) is 2.38. The Labute approximate surface area is 126 Å². The molecule has 1 saturated carbocycles. The van der Waals surface area contributed by atoms with Crippen LogP contribution >= 0.6 is 11.6 Å². The SMILES string of the molecule is CCNc1nc(Cl)nc(NC2CCCCC2C(C)C)n1. The van der Waals surface area contributed by atoms with E-state index in [1.165, 1.54) is 25.7 Å². The predicted octanol–water partition coefficient (Wildman–Crippen LogP) is 3.58. The highest BCUT2D eigenvalue weighted by molar-refractivity contribution is 6.28. The number of nitrogens with zero attached hydrogens (tertiary/aromatic N) is 3. The van der Waals surface area contributed by atoms with E-state index in [0.29, 0.717) is 29.8 Å². The number of halogens is 1. The van der Waals surface area contributed by atoms with Gasteiger partial charge in [0.2, 0.25) is 17.2 Å². The van der Waals surface area contributed by atoms with Gasteiger partial charge in [0.05, 0.1) is 0 Å². The first-order valence-electron chi connectivity index (χ1n) is 7.52. The first-order chi connectivity index (χ1) is 9.60. The molecule has 2 unspecified atom stereocenters. The van der Waals surface area contributed by atoms with Crippen LogP contribution in [0, 0.1) is 11.8 Å². The summed E-state index contributed by atoms with van der Waals surface area (Å²) in [6, 6.07) is 0.427. The van der Waals surface area contributed by atoms with Gasteiger partial charge in [-0.15, -0.1) is 0 Å². The molecule has 2 N–H and O–H groups in total. The van der Waals surface area contributed by atoms with Gasteiger partial charge in [-0.05, 0) is 43.2 Å². The molecule has 0 saturated heterocycles. The summed E-state index contributed by atoms with van der Waals surface area (Å²) in [6.45, 7) is 7.34. The fourth-order valence-corrected chi connectivity index (χ4v) is 3.11. The Balaban J connectivity index is 2.11. The Morgan fingerprint density at radius 2 is 1.85 bits per heavy atom. The Morgan fingerprint density at radius 3 is 2.55 bits per heavy atom. The average molecular weight is 298 g/mol. The minimum atomic E-state index is 0.232. The molecule has 0 amide bonds. The van der Waals surface area contributed by atoms with Crippen molar-refractivity contribution in [3.63, 3.8) is 0 Å². The van der Waals surface area contributed by atoms with Gasteiger partial charge in [-0.2, -0.15) is 15.0 Å². The third-order valence-corrected chi connectivity index (χ3v) is 4.10. The van der Waals surface area contributed by atoms with Crippen LogP contribution in [-0.2, 0) is 0 Å². The standard InChI is InChI=1S/C14H24ClN5/c1-4-16-13-18-12(15)19-14(20-13)17-11-8-6-5-7-10(11)9(2)3/h9-11H,4-8H2,1-3H3,(H2,16,17,18,19,20). The van der Waals surface area contributed by atoms with E-state index in [9.17, 15) is 0 Å². The number of hydrogen-bond donors (Lipinski definition) is 2. The maximum absolute atomic E-state index is 5.96. The summed E-state index contributed by atoms with van der Waals surface area (Å²) in [5, 5.41) is 6.77. The van der Waals surface area contributed by atoms with E-state index < -0.39 is 0 Å². The third kappa shape index (κ3) is 3.95. The van der Waals surface area contributed by atoms with Crippen LogP contribution in [0.25, 0.3) is 0 Å². The van der Waals surface area contributed by atoms with Crippen molar-refractivity contribution in [2.24, 2.45) is 11.8 Å². The van der Waals surface area contributed by atoms with Crippen molar-refractivity contribution >= 4 is 23.5 Å². The molecule has 1 aliphatic rings. The van der Waals surface area contributed by atoms with Crippen LogP contribution in [0.1, 0.15) is 46.5 Å². The molecule has 2 rings (SSSR count). The van der Waals surface area contributed by atoms with E-state index in [-0.39, 0.29) is 5.28 Å². The van der Waals surface area contributed by atoms with Crippen LogP contribution in [0.2, 0.25) is 5.28 Å².